The summed E-state index contributed by atoms with van der Waals surface area (Å²) in [5.74, 6) is -2.69. The highest BCUT2D eigenvalue weighted by Gasteiger charge is 2.26. The number of hydrogen-bond donors (Lipinski definition) is 2. The van der Waals surface area contributed by atoms with Gasteiger partial charge >= 0.3 is 11.9 Å². The van der Waals surface area contributed by atoms with E-state index >= 15 is 0 Å². The lowest BCUT2D eigenvalue weighted by Gasteiger charge is -2.10. The number of aliphatic carboxylic acids is 1. The Bertz CT molecular complexity index is 393. The number of thiol groups is 1. The van der Waals surface area contributed by atoms with E-state index in [0.717, 1.165) is 0 Å². The van der Waals surface area contributed by atoms with Gasteiger partial charge in [-0.2, -0.15) is 12.6 Å². The Labute approximate surface area is 110 Å². The molecule has 0 spiro atoms. The van der Waals surface area contributed by atoms with E-state index in [9.17, 15) is 9.59 Å². The highest BCUT2D eigenvalue weighted by Crippen LogP contribution is 2.08. The molecule has 0 aliphatic rings. The van der Waals surface area contributed by atoms with E-state index in [1.54, 1.807) is 12.1 Å². The smallest absolute Gasteiger partial charge is 0.321 e. The van der Waals surface area contributed by atoms with Gasteiger partial charge in [-0.05, 0) is 12.1 Å². The molecule has 1 aromatic carbocycles. The van der Waals surface area contributed by atoms with E-state index in [0.29, 0.717) is 5.75 Å². The lowest BCUT2D eigenvalue weighted by molar-refractivity contribution is -0.157. The molecule has 18 heavy (non-hydrogen) atoms. The summed E-state index contributed by atoms with van der Waals surface area (Å²) in [5, 5.41) is 8.70. The van der Waals surface area contributed by atoms with E-state index in [2.05, 4.69) is 12.6 Å². The summed E-state index contributed by atoms with van der Waals surface area (Å²) in [5.41, 5.74) is 0. The first-order chi connectivity index (χ1) is 8.65. The van der Waals surface area contributed by atoms with Crippen molar-refractivity contribution in [3.8, 4) is 5.75 Å². The summed E-state index contributed by atoms with van der Waals surface area (Å²) in [4.78, 5) is 22.0. The summed E-state index contributed by atoms with van der Waals surface area (Å²) < 4.78 is 10.1. The van der Waals surface area contributed by atoms with E-state index in [-0.39, 0.29) is 19.0 Å². The van der Waals surface area contributed by atoms with E-state index < -0.39 is 17.9 Å². The molecule has 0 fully saturated rings. The molecule has 0 saturated carbocycles. The summed E-state index contributed by atoms with van der Waals surface area (Å²) in [6.07, 6.45) is 0. The molecule has 1 unspecified atom stereocenters. The van der Waals surface area contributed by atoms with Gasteiger partial charge in [0.15, 0.2) is 5.92 Å². The molecule has 0 aliphatic heterocycles. The summed E-state index contributed by atoms with van der Waals surface area (Å²) in [6, 6.07) is 9.05. The predicted molar refractivity (Wildman–Crippen MR) is 67.9 cm³/mol. The zero-order valence-electron chi connectivity index (χ0n) is 9.61. The number of ether oxygens (including phenoxy) is 2. The number of rotatable bonds is 7. The van der Waals surface area contributed by atoms with Crippen molar-refractivity contribution in [2.45, 2.75) is 0 Å². The van der Waals surface area contributed by atoms with Crippen molar-refractivity contribution in [1.29, 1.82) is 0 Å². The van der Waals surface area contributed by atoms with Crippen molar-refractivity contribution in [3.63, 3.8) is 0 Å². The topological polar surface area (TPSA) is 72.8 Å². The molecule has 1 rings (SSSR count). The summed E-state index contributed by atoms with van der Waals surface area (Å²) in [7, 11) is 0. The van der Waals surface area contributed by atoms with Gasteiger partial charge in [-0.25, -0.2) is 0 Å². The van der Waals surface area contributed by atoms with Crippen LogP contribution >= 0.6 is 12.6 Å². The highest BCUT2D eigenvalue weighted by molar-refractivity contribution is 7.80. The molecule has 0 heterocycles. The molecule has 1 atom stereocenters. The van der Waals surface area contributed by atoms with Gasteiger partial charge in [0.25, 0.3) is 0 Å². The van der Waals surface area contributed by atoms with Crippen LogP contribution in [-0.4, -0.2) is 36.0 Å². The average molecular weight is 270 g/mol. The maximum atomic E-state index is 11.3. The minimum Gasteiger partial charge on any atom is -0.490 e. The number of carbonyl (C=O) groups is 2. The van der Waals surface area contributed by atoms with E-state index in [1.807, 2.05) is 18.2 Å². The number of carbonyl (C=O) groups excluding carboxylic acids is 1. The molecule has 0 aliphatic carbocycles. The van der Waals surface area contributed by atoms with E-state index in [1.165, 1.54) is 0 Å². The van der Waals surface area contributed by atoms with Crippen molar-refractivity contribution >= 4 is 24.6 Å². The largest absolute Gasteiger partial charge is 0.490 e. The molecular formula is C12H14O5S. The second-order valence-electron chi connectivity index (χ2n) is 3.40. The predicted octanol–water partition coefficient (Wildman–Crippen LogP) is 1.24. The minimum atomic E-state index is -1.24. The number of esters is 1. The molecule has 0 saturated heterocycles. The first-order valence-corrected chi connectivity index (χ1v) is 5.96. The van der Waals surface area contributed by atoms with Crippen molar-refractivity contribution in [1.82, 2.24) is 0 Å². The molecule has 0 aromatic heterocycles. The SMILES string of the molecule is O=C(O)C(CS)C(=O)OCCOc1ccccc1. The van der Waals surface area contributed by atoms with Gasteiger partial charge in [-0.1, -0.05) is 18.2 Å². The number of carboxylic acid groups (broad SMARTS) is 1. The third-order valence-electron chi connectivity index (χ3n) is 2.10. The number of benzene rings is 1. The quantitative estimate of drug-likeness (QED) is 0.337. The maximum absolute atomic E-state index is 11.3. The van der Waals surface area contributed by atoms with Crippen LogP contribution in [0, 0.1) is 5.92 Å². The third kappa shape index (κ3) is 4.67. The van der Waals surface area contributed by atoms with E-state index in [4.69, 9.17) is 14.6 Å². The molecule has 0 amide bonds. The molecule has 0 radical (unpaired) electrons. The van der Waals surface area contributed by atoms with Crippen LogP contribution in [0.1, 0.15) is 0 Å². The Hall–Kier alpha value is -1.69. The fourth-order valence-corrected chi connectivity index (χ4v) is 1.48. The van der Waals surface area contributed by atoms with Crippen LogP contribution in [0.4, 0.5) is 0 Å². The second kappa shape index (κ2) is 7.60. The molecule has 0 bridgehead atoms. The van der Waals surface area contributed by atoms with Crippen LogP contribution in [0.15, 0.2) is 30.3 Å². The lowest BCUT2D eigenvalue weighted by atomic mass is 10.2. The van der Waals surface area contributed by atoms with Crippen LogP contribution in [0.5, 0.6) is 5.75 Å². The standard InChI is InChI=1S/C12H14O5S/c13-11(14)10(8-18)12(15)17-7-6-16-9-4-2-1-3-5-9/h1-5,10,18H,6-8H2,(H,13,14). The van der Waals surface area contributed by atoms with Gasteiger partial charge in [0.05, 0.1) is 0 Å². The number of hydrogen-bond acceptors (Lipinski definition) is 5. The first-order valence-electron chi connectivity index (χ1n) is 5.33. The van der Waals surface area contributed by atoms with Gasteiger partial charge in [0, 0.05) is 5.75 Å². The Morgan fingerprint density at radius 1 is 1.22 bits per heavy atom. The molecule has 5 nitrogen and oxygen atoms in total. The lowest BCUT2D eigenvalue weighted by Crippen LogP contribution is -2.28. The van der Waals surface area contributed by atoms with Crippen LogP contribution in [0.25, 0.3) is 0 Å². The Kier molecular flexibility index (Phi) is 6.07. The minimum absolute atomic E-state index is 0.00524. The molecule has 6 heteroatoms. The Balaban J connectivity index is 2.25. The van der Waals surface area contributed by atoms with Gasteiger partial charge in [0.1, 0.15) is 19.0 Å². The Morgan fingerprint density at radius 3 is 2.44 bits per heavy atom. The second-order valence-corrected chi connectivity index (χ2v) is 3.77. The average Bonchev–Trinajstić information content (AvgIpc) is 2.36. The summed E-state index contributed by atoms with van der Waals surface area (Å²) in [6.45, 7) is 0.181. The van der Waals surface area contributed by atoms with Crippen LogP contribution < -0.4 is 4.74 Å². The molecule has 98 valence electrons. The van der Waals surface area contributed by atoms with Crippen LogP contribution in [0.3, 0.4) is 0 Å². The first kappa shape index (κ1) is 14.4. The van der Waals surface area contributed by atoms with Crippen molar-refractivity contribution in [2.75, 3.05) is 19.0 Å². The zero-order valence-corrected chi connectivity index (χ0v) is 10.5. The fraction of sp³-hybridized carbons (Fsp3) is 0.333. The molecular weight excluding hydrogens is 256 g/mol. The highest BCUT2D eigenvalue weighted by atomic mass is 32.1. The summed E-state index contributed by atoms with van der Waals surface area (Å²) >= 11 is 3.78. The molecule has 1 N–H and O–H groups in total. The maximum Gasteiger partial charge on any atom is 0.321 e. The monoisotopic (exact) mass is 270 g/mol. The van der Waals surface area contributed by atoms with Crippen molar-refractivity contribution in [3.05, 3.63) is 30.3 Å². The van der Waals surface area contributed by atoms with Crippen LogP contribution in [-0.2, 0) is 14.3 Å². The Morgan fingerprint density at radius 2 is 1.89 bits per heavy atom. The molecule has 1 aromatic rings. The normalized spacial score (nSPS) is 11.6. The number of para-hydroxylation sites is 1. The zero-order chi connectivity index (χ0) is 13.4. The van der Waals surface area contributed by atoms with Crippen LogP contribution in [0.2, 0.25) is 0 Å². The van der Waals surface area contributed by atoms with Crippen molar-refractivity contribution < 1.29 is 24.2 Å². The van der Waals surface area contributed by atoms with Gasteiger partial charge in [-0.15, -0.1) is 0 Å². The van der Waals surface area contributed by atoms with Crippen molar-refractivity contribution in [2.24, 2.45) is 5.92 Å². The number of carboxylic acids is 1. The van der Waals surface area contributed by atoms with Gasteiger partial charge in [0.2, 0.25) is 0 Å². The van der Waals surface area contributed by atoms with Gasteiger partial charge in [-0.3, -0.25) is 9.59 Å². The fourth-order valence-electron chi connectivity index (χ4n) is 1.17. The van der Waals surface area contributed by atoms with Gasteiger partial charge < -0.3 is 14.6 Å². The third-order valence-corrected chi connectivity index (χ3v) is 2.47.